The third-order valence-electron chi connectivity index (χ3n) is 3.60. The van der Waals surface area contributed by atoms with Crippen LogP contribution in [-0.2, 0) is 18.6 Å². The van der Waals surface area contributed by atoms with Crippen molar-refractivity contribution in [3.63, 3.8) is 0 Å². The lowest BCUT2D eigenvalue weighted by Gasteiger charge is -2.08. The Kier molecular flexibility index (Phi) is 5.60. The third kappa shape index (κ3) is 3.50. The lowest BCUT2D eigenvalue weighted by Crippen LogP contribution is -2.15. The Bertz CT molecular complexity index is 692. The van der Waals surface area contributed by atoms with Gasteiger partial charge in [0, 0.05) is 23.1 Å². The van der Waals surface area contributed by atoms with Crippen LogP contribution in [-0.4, -0.2) is 15.0 Å². The average Bonchev–Trinajstić information content (AvgIpc) is 2.98. The lowest BCUT2D eigenvalue weighted by molar-refractivity contribution is 0.869. The number of nitrogens with two attached hydrogens (primary N) is 1. The van der Waals surface area contributed by atoms with E-state index in [-0.39, 0.29) is 5.56 Å². The van der Waals surface area contributed by atoms with Gasteiger partial charge in [0.25, 0.3) is 5.56 Å². The first-order valence-electron chi connectivity index (χ1n) is 7.60. The highest BCUT2D eigenvalue weighted by Crippen LogP contribution is 2.25. The summed E-state index contributed by atoms with van der Waals surface area (Å²) in [6.07, 6.45) is 4.47. The molecule has 118 valence electrons. The van der Waals surface area contributed by atoms with Crippen molar-refractivity contribution in [2.45, 2.75) is 50.9 Å². The van der Waals surface area contributed by atoms with Gasteiger partial charge in [0.15, 0.2) is 5.16 Å². The summed E-state index contributed by atoms with van der Waals surface area (Å²) >= 11 is 1.50. The molecule has 0 bridgehead atoms. The number of nitrogen functional groups attached to an aromatic ring is 1. The van der Waals surface area contributed by atoms with Crippen molar-refractivity contribution in [2.24, 2.45) is 0 Å². The molecule has 0 amide bonds. The molecule has 6 heteroatoms. The molecule has 0 aliphatic heterocycles. The predicted octanol–water partition coefficient (Wildman–Crippen LogP) is 2.86. The number of hydrogen-bond donors (Lipinski definition) is 2. The van der Waals surface area contributed by atoms with Crippen LogP contribution in [0.25, 0.3) is 0 Å². The molecular formula is C16H22N4OS. The molecular weight excluding hydrogens is 296 g/mol. The van der Waals surface area contributed by atoms with Crippen molar-refractivity contribution in [3.8, 4) is 0 Å². The number of hydrogen-bond acceptors (Lipinski definition) is 5. The summed E-state index contributed by atoms with van der Waals surface area (Å²) in [7, 11) is 0. The normalized spacial score (nSPS) is 12.5. The number of anilines is 1. The molecule has 0 unspecified atom stereocenters. The Morgan fingerprint density at radius 3 is 2.86 bits per heavy atom. The number of rotatable bonds is 3. The number of aryl methyl sites for hydroxylation is 2. The first-order valence-corrected chi connectivity index (χ1v) is 8.58. The smallest absolute Gasteiger partial charge is 0.254 e. The zero-order valence-corrected chi connectivity index (χ0v) is 14.1. The first kappa shape index (κ1) is 16.5. The second kappa shape index (κ2) is 7.45. The van der Waals surface area contributed by atoms with E-state index in [1.165, 1.54) is 11.8 Å². The standard InChI is InChI=1S/C14H16N4OS.C2H6/c1-8-5-6-16-12(15)10(8)7-20-14-17-11-4-2-3-9(11)13(19)18-14;1-2/h5-6H,2-4,7H2,1H3,(H2,15,16)(H,17,18,19);1-2H3. The molecule has 0 fully saturated rings. The molecule has 0 spiro atoms. The van der Waals surface area contributed by atoms with E-state index in [0.29, 0.717) is 16.7 Å². The zero-order chi connectivity index (χ0) is 16.1. The van der Waals surface area contributed by atoms with Crippen molar-refractivity contribution < 1.29 is 0 Å². The van der Waals surface area contributed by atoms with Crippen LogP contribution in [0.5, 0.6) is 0 Å². The predicted molar refractivity (Wildman–Crippen MR) is 91.2 cm³/mol. The van der Waals surface area contributed by atoms with Crippen molar-refractivity contribution in [1.29, 1.82) is 0 Å². The highest BCUT2D eigenvalue weighted by Gasteiger charge is 2.17. The highest BCUT2D eigenvalue weighted by atomic mass is 32.2. The molecule has 0 saturated heterocycles. The van der Waals surface area contributed by atoms with Gasteiger partial charge in [-0.2, -0.15) is 0 Å². The number of nitrogens with zero attached hydrogens (tertiary/aromatic N) is 2. The van der Waals surface area contributed by atoms with Crippen LogP contribution >= 0.6 is 11.8 Å². The Morgan fingerprint density at radius 1 is 1.36 bits per heavy atom. The van der Waals surface area contributed by atoms with Crippen molar-refractivity contribution in [2.75, 3.05) is 5.73 Å². The van der Waals surface area contributed by atoms with Gasteiger partial charge in [0.2, 0.25) is 0 Å². The van der Waals surface area contributed by atoms with Gasteiger partial charge < -0.3 is 10.7 Å². The summed E-state index contributed by atoms with van der Waals surface area (Å²) in [4.78, 5) is 23.4. The molecule has 0 atom stereocenters. The van der Waals surface area contributed by atoms with Gasteiger partial charge in [-0.25, -0.2) is 9.97 Å². The van der Waals surface area contributed by atoms with Gasteiger partial charge in [0.05, 0.1) is 5.69 Å². The Morgan fingerprint density at radius 2 is 2.14 bits per heavy atom. The summed E-state index contributed by atoms with van der Waals surface area (Å²) in [5, 5.41) is 0.665. The number of aromatic nitrogens is 3. The molecule has 5 nitrogen and oxygen atoms in total. The van der Waals surface area contributed by atoms with E-state index in [4.69, 9.17) is 5.73 Å². The maximum Gasteiger partial charge on any atom is 0.254 e. The van der Waals surface area contributed by atoms with Crippen LogP contribution in [0.4, 0.5) is 5.82 Å². The number of H-pyrrole nitrogens is 1. The second-order valence-electron chi connectivity index (χ2n) is 4.93. The van der Waals surface area contributed by atoms with Crippen LogP contribution in [0.2, 0.25) is 0 Å². The lowest BCUT2D eigenvalue weighted by atomic mass is 10.2. The molecule has 2 aromatic heterocycles. The van der Waals surface area contributed by atoms with E-state index in [1.54, 1.807) is 6.20 Å². The van der Waals surface area contributed by atoms with E-state index in [2.05, 4.69) is 15.0 Å². The molecule has 0 radical (unpaired) electrons. The molecule has 1 aliphatic rings. The van der Waals surface area contributed by atoms with E-state index in [9.17, 15) is 4.79 Å². The Labute approximate surface area is 134 Å². The zero-order valence-electron chi connectivity index (χ0n) is 13.3. The van der Waals surface area contributed by atoms with E-state index < -0.39 is 0 Å². The van der Waals surface area contributed by atoms with Crippen molar-refractivity contribution >= 4 is 17.6 Å². The van der Waals surface area contributed by atoms with E-state index in [0.717, 1.165) is 41.6 Å². The third-order valence-corrected chi connectivity index (χ3v) is 4.50. The minimum absolute atomic E-state index is 0.00544. The maximum absolute atomic E-state index is 11.9. The number of pyridine rings is 1. The van der Waals surface area contributed by atoms with Crippen LogP contribution in [0.3, 0.4) is 0 Å². The molecule has 3 rings (SSSR count). The molecule has 1 aliphatic carbocycles. The average molecular weight is 318 g/mol. The van der Waals surface area contributed by atoms with E-state index in [1.807, 2.05) is 26.8 Å². The molecule has 2 aromatic rings. The van der Waals surface area contributed by atoms with Gasteiger partial charge in [-0.1, -0.05) is 25.6 Å². The fraction of sp³-hybridized carbons (Fsp3) is 0.438. The molecule has 22 heavy (non-hydrogen) atoms. The molecule has 0 saturated carbocycles. The van der Waals surface area contributed by atoms with Gasteiger partial charge >= 0.3 is 0 Å². The van der Waals surface area contributed by atoms with Gasteiger partial charge in [-0.3, -0.25) is 4.79 Å². The second-order valence-corrected chi connectivity index (χ2v) is 5.89. The maximum atomic E-state index is 11.9. The number of aromatic amines is 1. The summed E-state index contributed by atoms with van der Waals surface area (Å²) in [5.74, 6) is 1.20. The van der Waals surface area contributed by atoms with Crippen LogP contribution < -0.4 is 11.3 Å². The first-order chi connectivity index (χ1) is 10.6. The monoisotopic (exact) mass is 318 g/mol. The fourth-order valence-electron chi connectivity index (χ4n) is 2.43. The van der Waals surface area contributed by atoms with E-state index >= 15 is 0 Å². The summed E-state index contributed by atoms with van der Waals surface area (Å²) in [6, 6.07) is 1.94. The molecule has 3 N–H and O–H groups in total. The molecule has 0 aromatic carbocycles. The fourth-order valence-corrected chi connectivity index (χ4v) is 3.42. The Balaban J connectivity index is 0.000000847. The van der Waals surface area contributed by atoms with Gasteiger partial charge in [0.1, 0.15) is 5.82 Å². The summed E-state index contributed by atoms with van der Waals surface area (Å²) in [6.45, 7) is 6.01. The largest absolute Gasteiger partial charge is 0.383 e. The quantitative estimate of drug-likeness (QED) is 0.671. The van der Waals surface area contributed by atoms with Crippen molar-refractivity contribution in [3.05, 3.63) is 45.0 Å². The summed E-state index contributed by atoms with van der Waals surface area (Å²) < 4.78 is 0. The minimum Gasteiger partial charge on any atom is -0.383 e. The topological polar surface area (TPSA) is 84.7 Å². The molecule has 2 heterocycles. The van der Waals surface area contributed by atoms with Gasteiger partial charge in [-0.15, -0.1) is 0 Å². The highest BCUT2D eigenvalue weighted by molar-refractivity contribution is 7.98. The number of fused-ring (bicyclic) bond motifs is 1. The van der Waals surface area contributed by atoms with Gasteiger partial charge in [-0.05, 0) is 37.8 Å². The number of thioether (sulfide) groups is 1. The van der Waals surface area contributed by atoms with Crippen molar-refractivity contribution in [1.82, 2.24) is 15.0 Å². The SMILES string of the molecule is CC.Cc1ccnc(N)c1CSc1nc2c(c(=O)[nH]1)CCC2. The number of nitrogens with one attached hydrogen (secondary N) is 1. The van der Waals surface area contributed by atoms with Crippen LogP contribution in [0.1, 0.15) is 42.7 Å². The van der Waals surface area contributed by atoms with Crippen LogP contribution in [0, 0.1) is 6.92 Å². The van der Waals surface area contributed by atoms with Crippen LogP contribution in [0.15, 0.2) is 22.2 Å². The summed E-state index contributed by atoms with van der Waals surface area (Å²) in [5.41, 5.74) is 9.80. The minimum atomic E-state index is 0.00544. The Hall–Kier alpha value is -1.82.